The van der Waals surface area contributed by atoms with Crippen LogP contribution in [0.25, 0.3) is 0 Å². The molecule has 0 radical (unpaired) electrons. The predicted octanol–water partition coefficient (Wildman–Crippen LogP) is 2.59. The fourth-order valence-electron chi connectivity index (χ4n) is 3.71. The van der Waals surface area contributed by atoms with Gasteiger partial charge < -0.3 is 9.32 Å². The van der Waals surface area contributed by atoms with Crippen molar-refractivity contribution in [2.24, 2.45) is 0 Å². The number of hydrogen-bond donors (Lipinski definition) is 0. The van der Waals surface area contributed by atoms with Crippen LogP contribution < -0.4 is 0 Å². The van der Waals surface area contributed by atoms with E-state index in [4.69, 9.17) is 4.42 Å². The van der Waals surface area contributed by atoms with E-state index in [1.165, 1.54) is 0 Å². The van der Waals surface area contributed by atoms with Gasteiger partial charge in [0, 0.05) is 38.0 Å². The highest BCUT2D eigenvalue weighted by atomic mass is 16.3. The quantitative estimate of drug-likeness (QED) is 0.781. The molecule has 3 rings (SSSR count). The van der Waals surface area contributed by atoms with Crippen molar-refractivity contribution >= 4 is 5.91 Å². The molecule has 0 N–H and O–H groups in total. The topological polar surface area (TPSA) is 36.7 Å². The Balaban J connectivity index is 1.69. The average Bonchev–Trinajstić information content (AvgIpc) is 3.10. The number of likely N-dealkylation sites (tertiary alicyclic amines) is 2. The lowest BCUT2D eigenvalue weighted by Gasteiger charge is -2.39. The van der Waals surface area contributed by atoms with E-state index < -0.39 is 0 Å². The molecule has 0 aromatic carbocycles. The molecule has 4 nitrogen and oxygen atoms in total. The first-order valence-corrected chi connectivity index (χ1v) is 7.95. The first kappa shape index (κ1) is 14.4. The largest absolute Gasteiger partial charge is 0.465 e. The molecule has 3 heterocycles. The van der Waals surface area contributed by atoms with Gasteiger partial charge in [-0.05, 0) is 25.0 Å². The van der Waals surface area contributed by atoms with Crippen LogP contribution in [0.3, 0.4) is 0 Å². The summed E-state index contributed by atoms with van der Waals surface area (Å²) in [5.41, 5.74) is 0. The predicted molar refractivity (Wildman–Crippen MR) is 81.8 cm³/mol. The van der Waals surface area contributed by atoms with Crippen molar-refractivity contribution in [1.29, 1.82) is 0 Å². The normalized spacial score (nSPS) is 26.1. The van der Waals surface area contributed by atoms with Crippen LogP contribution in [0.1, 0.15) is 37.7 Å². The molecule has 2 aliphatic heterocycles. The zero-order valence-electron chi connectivity index (χ0n) is 12.8. The maximum absolute atomic E-state index is 12.1. The van der Waals surface area contributed by atoms with Gasteiger partial charge >= 0.3 is 0 Å². The fourth-order valence-corrected chi connectivity index (χ4v) is 3.71. The standard InChI is InChI=1S/C17H24N2O2/c1-3-10-19-16-9-11-18(15(16)7-8-17(19)20)12-14-6-5-13(4-2)21-14/h3,5-6,15-16H,1,4,7-12H2,2H3/t15-,16-/m0/s1. The third kappa shape index (κ3) is 2.77. The number of nitrogens with zero attached hydrogens (tertiary/aromatic N) is 2. The molecule has 1 amide bonds. The van der Waals surface area contributed by atoms with Crippen LogP contribution >= 0.6 is 0 Å². The summed E-state index contributed by atoms with van der Waals surface area (Å²) in [4.78, 5) is 16.6. The van der Waals surface area contributed by atoms with Gasteiger partial charge in [-0.15, -0.1) is 6.58 Å². The van der Waals surface area contributed by atoms with Gasteiger partial charge in [0.2, 0.25) is 5.91 Å². The monoisotopic (exact) mass is 288 g/mol. The van der Waals surface area contributed by atoms with Crippen molar-refractivity contribution in [3.05, 3.63) is 36.3 Å². The second kappa shape index (κ2) is 6.06. The number of piperidine rings is 1. The Labute approximate surface area is 126 Å². The third-order valence-corrected chi connectivity index (χ3v) is 4.75. The Kier molecular flexibility index (Phi) is 4.15. The molecule has 1 aromatic rings. The third-order valence-electron chi connectivity index (χ3n) is 4.75. The highest BCUT2D eigenvalue weighted by Crippen LogP contribution is 2.32. The van der Waals surface area contributed by atoms with Gasteiger partial charge in [0.25, 0.3) is 0 Å². The van der Waals surface area contributed by atoms with Gasteiger partial charge in [-0.1, -0.05) is 13.0 Å². The van der Waals surface area contributed by atoms with E-state index in [0.717, 1.165) is 43.9 Å². The Morgan fingerprint density at radius 1 is 1.33 bits per heavy atom. The molecular weight excluding hydrogens is 264 g/mol. The van der Waals surface area contributed by atoms with Crippen LogP contribution in [0, 0.1) is 0 Å². The number of fused-ring (bicyclic) bond motifs is 1. The van der Waals surface area contributed by atoms with Crippen molar-refractivity contribution in [3.8, 4) is 0 Å². The first-order valence-electron chi connectivity index (χ1n) is 7.95. The number of furan rings is 1. The first-order chi connectivity index (χ1) is 10.2. The highest BCUT2D eigenvalue weighted by molar-refractivity contribution is 5.78. The summed E-state index contributed by atoms with van der Waals surface area (Å²) >= 11 is 0. The Hall–Kier alpha value is -1.55. The minimum absolute atomic E-state index is 0.282. The summed E-state index contributed by atoms with van der Waals surface area (Å²) in [7, 11) is 0. The molecule has 0 bridgehead atoms. The van der Waals surface area contributed by atoms with Crippen molar-refractivity contribution in [3.63, 3.8) is 0 Å². The molecule has 2 aliphatic rings. The van der Waals surface area contributed by atoms with Crippen LogP contribution in [0.2, 0.25) is 0 Å². The minimum Gasteiger partial charge on any atom is -0.465 e. The van der Waals surface area contributed by atoms with Gasteiger partial charge in [-0.2, -0.15) is 0 Å². The van der Waals surface area contributed by atoms with E-state index in [2.05, 4.69) is 30.5 Å². The second-order valence-electron chi connectivity index (χ2n) is 5.99. The number of carbonyl (C=O) groups excluding carboxylic acids is 1. The fraction of sp³-hybridized carbons (Fsp3) is 0.588. The van der Waals surface area contributed by atoms with Crippen LogP contribution in [-0.2, 0) is 17.8 Å². The summed E-state index contributed by atoms with van der Waals surface area (Å²) in [6.07, 6.45) is 5.46. The SMILES string of the molecule is C=CCN1C(=O)CC[C@H]2[C@@H]1CCN2Cc1ccc(CC)o1. The summed E-state index contributed by atoms with van der Waals surface area (Å²) < 4.78 is 5.83. The molecule has 21 heavy (non-hydrogen) atoms. The van der Waals surface area contributed by atoms with Gasteiger partial charge in [-0.25, -0.2) is 0 Å². The average molecular weight is 288 g/mol. The molecule has 114 valence electrons. The Bertz CT molecular complexity index is 523. The van der Waals surface area contributed by atoms with Gasteiger partial charge in [0.15, 0.2) is 0 Å². The maximum Gasteiger partial charge on any atom is 0.223 e. The van der Waals surface area contributed by atoms with Crippen LogP contribution in [-0.4, -0.2) is 40.9 Å². The van der Waals surface area contributed by atoms with E-state index in [9.17, 15) is 4.79 Å². The minimum atomic E-state index is 0.282. The summed E-state index contributed by atoms with van der Waals surface area (Å²) in [6, 6.07) is 4.97. The number of carbonyl (C=O) groups is 1. The van der Waals surface area contributed by atoms with E-state index >= 15 is 0 Å². The van der Waals surface area contributed by atoms with Crippen molar-refractivity contribution in [2.75, 3.05) is 13.1 Å². The highest BCUT2D eigenvalue weighted by Gasteiger charge is 2.42. The molecule has 4 heteroatoms. The lowest BCUT2D eigenvalue weighted by atomic mass is 9.96. The second-order valence-corrected chi connectivity index (χ2v) is 5.99. The molecule has 0 spiro atoms. The van der Waals surface area contributed by atoms with Crippen molar-refractivity contribution in [1.82, 2.24) is 9.80 Å². The number of rotatable bonds is 5. The summed E-state index contributed by atoms with van der Waals surface area (Å²) in [6.45, 7) is 8.46. The van der Waals surface area contributed by atoms with E-state index in [-0.39, 0.29) is 5.91 Å². The maximum atomic E-state index is 12.1. The molecule has 2 saturated heterocycles. The Morgan fingerprint density at radius 3 is 2.86 bits per heavy atom. The number of aryl methyl sites for hydroxylation is 1. The lowest BCUT2D eigenvalue weighted by Crippen LogP contribution is -2.52. The van der Waals surface area contributed by atoms with Crippen molar-refractivity contribution in [2.45, 2.75) is 51.2 Å². The van der Waals surface area contributed by atoms with Crippen LogP contribution in [0.15, 0.2) is 29.2 Å². The van der Waals surface area contributed by atoms with Gasteiger partial charge in [-0.3, -0.25) is 9.69 Å². The molecular formula is C17H24N2O2. The van der Waals surface area contributed by atoms with Gasteiger partial charge in [0.1, 0.15) is 11.5 Å². The zero-order chi connectivity index (χ0) is 14.8. The van der Waals surface area contributed by atoms with Crippen LogP contribution in [0.5, 0.6) is 0 Å². The number of amides is 1. The number of hydrogen-bond acceptors (Lipinski definition) is 3. The molecule has 2 fully saturated rings. The smallest absolute Gasteiger partial charge is 0.223 e. The van der Waals surface area contributed by atoms with E-state index in [1.54, 1.807) is 0 Å². The van der Waals surface area contributed by atoms with E-state index in [1.807, 2.05) is 11.0 Å². The lowest BCUT2D eigenvalue weighted by molar-refractivity contribution is -0.136. The zero-order valence-corrected chi connectivity index (χ0v) is 12.8. The van der Waals surface area contributed by atoms with Gasteiger partial charge in [0.05, 0.1) is 6.54 Å². The Morgan fingerprint density at radius 2 is 2.14 bits per heavy atom. The molecule has 0 unspecified atom stereocenters. The molecule has 2 atom stereocenters. The van der Waals surface area contributed by atoms with Crippen molar-refractivity contribution < 1.29 is 9.21 Å². The van der Waals surface area contributed by atoms with Crippen LogP contribution in [0.4, 0.5) is 0 Å². The molecule has 0 aliphatic carbocycles. The summed E-state index contributed by atoms with van der Waals surface area (Å²) in [5.74, 6) is 2.37. The molecule has 1 aromatic heterocycles. The summed E-state index contributed by atoms with van der Waals surface area (Å²) in [5, 5.41) is 0. The molecule has 0 saturated carbocycles. The van der Waals surface area contributed by atoms with E-state index in [0.29, 0.717) is 25.0 Å².